The van der Waals surface area contributed by atoms with Crippen LogP contribution in [0.5, 0.6) is 0 Å². The lowest BCUT2D eigenvalue weighted by Gasteiger charge is -2.35. The van der Waals surface area contributed by atoms with Crippen LogP contribution in [0.3, 0.4) is 0 Å². The van der Waals surface area contributed by atoms with Crippen molar-refractivity contribution in [3.05, 3.63) is 24.2 Å². The Morgan fingerprint density at radius 1 is 1.55 bits per heavy atom. The minimum atomic E-state index is -1.02. The molecule has 1 aliphatic rings. The average molecular weight is 281 g/mol. The fourth-order valence-electron chi connectivity index (χ4n) is 2.36. The molecule has 1 saturated heterocycles. The quantitative estimate of drug-likeness (QED) is 0.330. The minimum Gasteiger partial charge on any atom is -0.467 e. The number of carbonyl (C=O) groups excluding carboxylic acids is 1. The van der Waals surface area contributed by atoms with Crippen LogP contribution in [-0.4, -0.2) is 30.2 Å². The summed E-state index contributed by atoms with van der Waals surface area (Å²) in [6.07, 6.45) is 2.32. The van der Waals surface area contributed by atoms with Gasteiger partial charge in [0.05, 0.1) is 12.3 Å². The second kappa shape index (κ2) is 5.96. The van der Waals surface area contributed by atoms with E-state index < -0.39 is 5.41 Å². The molecule has 0 radical (unpaired) electrons. The topological polar surface area (TPSA) is 110 Å². The fourth-order valence-corrected chi connectivity index (χ4v) is 2.36. The monoisotopic (exact) mass is 281 g/mol. The molecule has 110 valence electrons. The van der Waals surface area contributed by atoms with Crippen molar-refractivity contribution in [2.75, 3.05) is 13.2 Å². The SMILES string of the molecule is CC(NC(=O)C1(C(N)=NO)CCOCC1)c1ccco1. The van der Waals surface area contributed by atoms with Crippen molar-refractivity contribution >= 4 is 11.7 Å². The van der Waals surface area contributed by atoms with Crippen molar-refractivity contribution in [3.63, 3.8) is 0 Å². The van der Waals surface area contributed by atoms with E-state index in [0.29, 0.717) is 31.8 Å². The van der Waals surface area contributed by atoms with Crippen molar-refractivity contribution in [1.82, 2.24) is 5.32 Å². The van der Waals surface area contributed by atoms with Crippen LogP contribution in [0.2, 0.25) is 0 Å². The molecule has 1 unspecified atom stereocenters. The lowest BCUT2D eigenvalue weighted by Crippen LogP contribution is -2.53. The third kappa shape index (κ3) is 2.62. The van der Waals surface area contributed by atoms with Gasteiger partial charge in [-0.25, -0.2) is 0 Å². The summed E-state index contributed by atoms with van der Waals surface area (Å²) in [5, 5.41) is 14.8. The number of carbonyl (C=O) groups is 1. The van der Waals surface area contributed by atoms with Crippen LogP contribution in [0.1, 0.15) is 31.6 Å². The second-order valence-electron chi connectivity index (χ2n) is 4.89. The number of furan rings is 1. The molecule has 2 rings (SSSR count). The van der Waals surface area contributed by atoms with E-state index in [9.17, 15) is 4.79 Å². The maximum absolute atomic E-state index is 12.5. The summed E-state index contributed by atoms with van der Waals surface area (Å²) in [4.78, 5) is 12.5. The molecule has 0 spiro atoms. The minimum absolute atomic E-state index is 0.0788. The number of rotatable bonds is 4. The summed E-state index contributed by atoms with van der Waals surface area (Å²) >= 11 is 0. The van der Waals surface area contributed by atoms with E-state index in [2.05, 4.69) is 10.5 Å². The number of nitrogens with one attached hydrogen (secondary N) is 1. The maximum atomic E-state index is 12.5. The number of nitrogens with zero attached hydrogens (tertiary/aromatic N) is 1. The molecular formula is C13H19N3O4. The van der Waals surface area contributed by atoms with Crippen LogP contribution < -0.4 is 11.1 Å². The zero-order chi connectivity index (χ0) is 14.6. The van der Waals surface area contributed by atoms with Gasteiger partial charge >= 0.3 is 0 Å². The van der Waals surface area contributed by atoms with Crippen molar-refractivity contribution in [2.45, 2.75) is 25.8 Å². The number of oxime groups is 1. The molecular weight excluding hydrogens is 262 g/mol. The first kappa shape index (κ1) is 14.4. The van der Waals surface area contributed by atoms with Crippen molar-refractivity contribution in [3.8, 4) is 0 Å². The number of nitrogens with two attached hydrogens (primary N) is 1. The molecule has 1 atom stereocenters. The molecule has 0 saturated carbocycles. The number of ether oxygens (including phenoxy) is 1. The Hall–Kier alpha value is -2.02. The highest BCUT2D eigenvalue weighted by molar-refractivity contribution is 6.06. The van der Waals surface area contributed by atoms with E-state index in [1.54, 1.807) is 18.4 Å². The van der Waals surface area contributed by atoms with E-state index in [-0.39, 0.29) is 17.8 Å². The highest BCUT2D eigenvalue weighted by Gasteiger charge is 2.45. The van der Waals surface area contributed by atoms with E-state index >= 15 is 0 Å². The Kier molecular flexibility index (Phi) is 4.29. The van der Waals surface area contributed by atoms with Crippen LogP contribution >= 0.6 is 0 Å². The predicted molar refractivity (Wildman–Crippen MR) is 71.2 cm³/mol. The van der Waals surface area contributed by atoms with Crippen molar-refractivity contribution in [2.24, 2.45) is 16.3 Å². The summed E-state index contributed by atoms with van der Waals surface area (Å²) in [6.45, 7) is 2.62. The van der Waals surface area contributed by atoms with Gasteiger partial charge in [-0.2, -0.15) is 0 Å². The van der Waals surface area contributed by atoms with Gasteiger partial charge in [-0.3, -0.25) is 4.79 Å². The van der Waals surface area contributed by atoms with Gasteiger partial charge in [0.2, 0.25) is 5.91 Å². The standard InChI is InChI=1S/C13H19N3O4/c1-9(10-3-2-6-20-10)15-12(17)13(11(14)16-18)4-7-19-8-5-13/h2-3,6,9,18H,4-5,7-8H2,1H3,(H2,14,16)(H,15,17). The first-order valence-corrected chi connectivity index (χ1v) is 6.50. The van der Waals surface area contributed by atoms with E-state index in [1.165, 1.54) is 0 Å². The largest absolute Gasteiger partial charge is 0.467 e. The molecule has 1 aromatic rings. The highest BCUT2D eigenvalue weighted by atomic mass is 16.5. The van der Waals surface area contributed by atoms with Crippen LogP contribution in [0.15, 0.2) is 28.0 Å². The number of hydrogen-bond acceptors (Lipinski definition) is 5. The molecule has 4 N–H and O–H groups in total. The Balaban J connectivity index is 2.15. The van der Waals surface area contributed by atoms with Gasteiger partial charge in [0, 0.05) is 13.2 Å². The molecule has 7 nitrogen and oxygen atoms in total. The zero-order valence-electron chi connectivity index (χ0n) is 11.3. The molecule has 1 aromatic heterocycles. The van der Waals surface area contributed by atoms with Crippen LogP contribution in [0, 0.1) is 5.41 Å². The first-order chi connectivity index (χ1) is 9.60. The van der Waals surface area contributed by atoms with Gasteiger partial charge < -0.3 is 25.4 Å². The molecule has 1 fully saturated rings. The third-order valence-corrected chi connectivity index (χ3v) is 3.70. The molecule has 0 aromatic carbocycles. The summed E-state index contributed by atoms with van der Waals surface area (Å²) < 4.78 is 10.5. The predicted octanol–water partition coefficient (Wildman–Crippen LogP) is 1.000. The molecule has 0 aliphatic carbocycles. The van der Waals surface area contributed by atoms with E-state index in [4.69, 9.17) is 20.1 Å². The van der Waals surface area contributed by atoms with Gasteiger partial charge in [-0.05, 0) is 31.9 Å². The summed E-state index contributed by atoms with van der Waals surface area (Å²) in [6, 6.07) is 3.25. The van der Waals surface area contributed by atoms with Crippen molar-refractivity contribution < 1.29 is 19.2 Å². The molecule has 7 heteroatoms. The molecule has 1 amide bonds. The zero-order valence-corrected chi connectivity index (χ0v) is 11.3. The van der Waals surface area contributed by atoms with E-state index in [1.807, 2.05) is 6.92 Å². The molecule has 20 heavy (non-hydrogen) atoms. The van der Waals surface area contributed by atoms with Crippen LogP contribution in [0.25, 0.3) is 0 Å². The smallest absolute Gasteiger partial charge is 0.234 e. The molecule has 0 bridgehead atoms. The Morgan fingerprint density at radius 3 is 2.80 bits per heavy atom. The number of amidine groups is 1. The summed E-state index contributed by atoms with van der Waals surface area (Å²) in [5.74, 6) is 0.296. The highest BCUT2D eigenvalue weighted by Crippen LogP contribution is 2.32. The second-order valence-corrected chi connectivity index (χ2v) is 4.89. The summed E-state index contributed by atoms with van der Waals surface area (Å²) in [5.41, 5.74) is 4.72. The third-order valence-electron chi connectivity index (χ3n) is 3.70. The van der Waals surface area contributed by atoms with E-state index in [0.717, 1.165) is 0 Å². The molecule has 2 heterocycles. The lowest BCUT2D eigenvalue weighted by atomic mass is 9.78. The first-order valence-electron chi connectivity index (χ1n) is 6.50. The van der Waals surface area contributed by atoms with Gasteiger partial charge in [-0.1, -0.05) is 5.16 Å². The lowest BCUT2D eigenvalue weighted by molar-refractivity contribution is -0.132. The average Bonchev–Trinajstić information content (AvgIpc) is 3.01. The normalized spacial score (nSPS) is 20.4. The van der Waals surface area contributed by atoms with Gasteiger partial charge in [0.1, 0.15) is 11.2 Å². The Morgan fingerprint density at radius 2 is 2.25 bits per heavy atom. The Labute approximate surface area is 116 Å². The Bertz CT molecular complexity index is 478. The number of amides is 1. The van der Waals surface area contributed by atoms with Gasteiger partial charge in [-0.15, -0.1) is 0 Å². The van der Waals surface area contributed by atoms with Gasteiger partial charge in [0.15, 0.2) is 5.84 Å². The number of hydrogen-bond donors (Lipinski definition) is 3. The van der Waals surface area contributed by atoms with Crippen LogP contribution in [0.4, 0.5) is 0 Å². The van der Waals surface area contributed by atoms with Gasteiger partial charge in [0.25, 0.3) is 0 Å². The maximum Gasteiger partial charge on any atom is 0.234 e. The van der Waals surface area contributed by atoms with Crippen molar-refractivity contribution in [1.29, 1.82) is 0 Å². The molecule has 1 aliphatic heterocycles. The van der Waals surface area contributed by atoms with Crippen LogP contribution in [-0.2, 0) is 9.53 Å². The summed E-state index contributed by atoms with van der Waals surface area (Å²) in [7, 11) is 0. The fraction of sp³-hybridized carbons (Fsp3) is 0.538.